The molecule has 2 N–H and O–H groups in total. The molecule has 0 saturated heterocycles. The minimum absolute atomic E-state index is 0.230. The molecule has 1 aliphatic heterocycles. The summed E-state index contributed by atoms with van der Waals surface area (Å²) < 4.78 is 12.1. The van der Waals surface area contributed by atoms with Gasteiger partial charge in [-0.1, -0.05) is 12.1 Å². The summed E-state index contributed by atoms with van der Waals surface area (Å²) in [5, 5.41) is 5.32. The Morgan fingerprint density at radius 2 is 2.00 bits per heavy atom. The van der Waals surface area contributed by atoms with Crippen LogP contribution in [-0.2, 0) is 0 Å². The van der Waals surface area contributed by atoms with Crippen molar-refractivity contribution < 1.29 is 9.47 Å². The smallest absolute Gasteiger partial charge is 0.231 e. The van der Waals surface area contributed by atoms with Gasteiger partial charge in [0.05, 0.1) is 11.7 Å². The van der Waals surface area contributed by atoms with Crippen molar-refractivity contribution in [2.75, 3.05) is 6.79 Å². The van der Waals surface area contributed by atoms with Crippen LogP contribution in [0.25, 0.3) is 21.2 Å². The number of pyridine rings is 1. The van der Waals surface area contributed by atoms with E-state index in [1.54, 1.807) is 22.7 Å². The second-order valence-electron chi connectivity index (χ2n) is 5.78. The number of thiophene rings is 2. The molecular formula is C19H14N2O2S2. The van der Waals surface area contributed by atoms with Gasteiger partial charge in [0.15, 0.2) is 11.5 Å². The second kappa shape index (κ2) is 5.84. The fraction of sp³-hybridized carbons (Fsp3) is 0.105. The van der Waals surface area contributed by atoms with Crippen LogP contribution in [0.1, 0.15) is 16.6 Å². The molecule has 5 rings (SSSR count). The molecule has 25 heavy (non-hydrogen) atoms. The first-order chi connectivity index (χ1) is 12.3. The number of hydrogen-bond donors (Lipinski definition) is 1. The van der Waals surface area contributed by atoms with Gasteiger partial charge in [0.25, 0.3) is 0 Å². The average molecular weight is 366 g/mol. The third-order valence-corrected chi connectivity index (χ3v) is 6.25. The highest BCUT2D eigenvalue weighted by molar-refractivity contribution is 7.17. The zero-order valence-corrected chi connectivity index (χ0v) is 14.8. The number of hydrogen-bond acceptors (Lipinski definition) is 6. The van der Waals surface area contributed by atoms with Gasteiger partial charge in [0, 0.05) is 26.7 Å². The number of nitrogens with zero attached hydrogens (tertiary/aromatic N) is 1. The maximum atomic E-state index is 6.53. The van der Waals surface area contributed by atoms with Crippen LogP contribution in [0.2, 0.25) is 0 Å². The van der Waals surface area contributed by atoms with E-state index in [2.05, 4.69) is 22.5 Å². The SMILES string of the molecule is NC(c1cccs1)c1nccc2scc(-c3ccc4c(c3)OCO4)c12. The summed E-state index contributed by atoms with van der Waals surface area (Å²) in [6, 6.07) is 11.9. The molecule has 6 heteroatoms. The van der Waals surface area contributed by atoms with E-state index in [0.717, 1.165) is 38.6 Å². The number of aromatic nitrogens is 1. The predicted octanol–water partition coefficient (Wildman–Crippen LogP) is 4.80. The van der Waals surface area contributed by atoms with Crippen molar-refractivity contribution in [3.63, 3.8) is 0 Å². The van der Waals surface area contributed by atoms with Gasteiger partial charge in [-0.25, -0.2) is 0 Å². The van der Waals surface area contributed by atoms with Crippen molar-refractivity contribution in [1.29, 1.82) is 0 Å². The van der Waals surface area contributed by atoms with Crippen molar-refractivity contribution in [1.82, 2.24) is 4.98 Å². The van der Waals surface area contributed by atoms with Crippen molar-refractivity contribution in [3.05, 3.63) is 63.9 Å². The maximum absolute atomic E-state index is 6.53. The molecule has 1 aromatic carbocycles. The topological polar surface area (TPSA) is 57.4 Å². The average Bonchev–Trinajstić information content (AvgIpc) is 3.39. The molecule has 0 radical (unpaired) electrons. The number of ether oxygens (including phenoxy) is 2. The summed E-state index contributed by atoms with van der Waals surface area (Å²) >= 11 is 3.36. The quantitative estimate of drug-likeness (QED) is 0.566. The van der Waals surface area contributed by atoms with Crippen LogP contribution in [-0.4, -0.2) is 11.8 Å². The Bertz CT molecular complexity index is 1060. The van der Waals surface area contributed by atoms with E-state index in [1.807, 2.05) is 35.8 Å². The summed E-state index contributed by atoms with van der Waals surface area (Å²) in [5.41, 5.74) is 9.66. The minimum Gasteiger partial charge on any atom is -0.454 e. The molecule has 3 aromatic heterocycles. The Hall–Kier alpha value is -2.41. The molecule has 1 unspecified atom stereocenters. The molecule has 0 bridgehead atoms. The zero-order chi connectivity index (χ0) is 16.8. The van der Waals surface area contributed by atoms with E-state index in [-0.39, 0.29) is 12.8 Å². The van der Waals surface area contributed by atoms with Crippen molar-refractivity contribution >= 4 is 32.8 Å². The number of fused-ring (bicyclic) bond motifs is 2. The molecule has 4 nitrogen and oxygen atoms in total. The van der Waals surface area contributed by atoms with Crippen LogP contribution in [0.4, 0.5) is 0 Å². The lowest BCUT2D eigenvalue weighted by atomic mass is 10.00. The summed E-state index contributed by atoms with van der Waals surface area (Å²) in [7, 11) is 0. The van der Waals surface area contributed by atoms with E-state index in [4.69, 9.17) is 15.2 Å². The molecule has 0 aliphatic carbocycles. The summed E-state index contributed by atoms with van der Waals surface area (Å²) in [5.74, 6) is 1.57. The molecule has 0 saturated carbocycles. The first-order valence-corrected chi connectivity index (χ1v) is 9.62. The number of rotatable bonds is 3. The van der Waals surface area contributed by atoms with Gasteiger partial charge in [-0.05, 0) is 40.6 Å². The molecule has 1 atom stereocenters. The Labute approximate surface area is 152 Å². The third kappa shape index (κ3) is 2.41. The predicted molar refractivity (Wildman–Crippen MR) is 102 cm³/mol. The van der Waals surface area contributed by atoms with E-state index in [1.165, 1.54) is 4.70 Å². The molecule has 4 aromatic rings. The largest absolute Gasteiger partial charge is 0.454 e. The molecule has 0 fully saturated rings. The highest BCUT2D eigenvalue weighted by atomic mass is 32.1. The van der Waals surface area contributed by atoms with Crippen LogP contribution in [0, 0.1) is 0 Å². The Morgan fingerprint density at radius 1 is 1.08 bits per heavy atom. The minimum atomic E-state index is -0.230. The van der Waals surface area contributed by atoms with Crippen molar-refractivity contribution in [3.8, 4) is 22.6 Å². The Kier molecular flexibility index (Phi) is 3.48. The van der Waals surface area contributed by atoms with Gasteiger partial charge in [-0.15, -0.1) is 22.7 Å². The summed E-state index contributed by atoms with van der Waals surface area (Å²) in [6.07, 6.45) is 1.84. The van der Waals surface area contributed by atoms with E-state index in [0.29, 0.717) is 0 Å². The Balaban J connectivity index is 1.69. The number of benzene rings is 1. The van der Waals surface area contributed by atoms with E-state index < -0.39 is 0 Å². The standard InChI is InChI=1S/C19H14N2O2S2/c20-18(16-2-1-7-24-16)19-17-12(9-25-15(17)5-6-21-19)11-3-4-13-14(8-11)23-10-22-13/h1-9,18H,10,20H2. The molecule has 124 valence electrons. The molecule has 0 spiro atoms. The fourth-order valence-electron chi connectivity index (χ4n) is 3.12. The van der Waals surface area contributed by atoms with Crippen LogP contribution >= 0.6 is 22.7 Å². The second-order valence-corrected chi connectivity index (χ2v) is 7.67. The third-order valence-electron chi connectivity index (χ3n) is 4.34. The van der Waals surface area contributed by atoms with Crippen LogP contribution in [0.5, 0.6) is 11.5 Å². The van der Waals surface area contributed by atoms with Gasteiger partial charge in [0.1, 0.15) is 0 Å². The summed E-state index contributed by atoms with van der Waals surface area (Å²) in [6.45, 7) is 0.277. The van der Waals surface area contributed by atoms with Crippen LogP contribution in [0.3, 0.4) is 0 Å². The maximum Gasteiger partial charge on any atom is 0.231 e. The number of nitrogens with two attached hydrogens (primary N) is 1. The fourth-order valence-corrected chi connectivity index (χ4v) is 4.83. The molecule has 4 heterocycles. The van der Waals surface area contributed by atoms with Gasteiger partial charge in [0.2, 0.25) is 6.79 Å². The molecule has 0 amide bonds. The lowest BCUT2D eigenvalue weighted by Crippen LogP contribution is -2.12. The lowest BCUT2D eigenvalue weighted by Gasteiger charge is -2.12. The monoisotopic (exact) mass is 366 g/mol. The highest BCUT2D eigenvalue weighted by Crippen LogP contribution is 2.42. The Morgan fingerprint density at radius 3 is 2.88 bits per heavy atom. The lowest BCUT2D eigenvalue weighted by molar-refractivity contribution is 0.174. The van der Waals surface area contributed by atoms with Gasteiger partial charge < -0.3 is 15.2 Å². The molecule has 1 aliphatic rings. The van der Waals surface area contributed by atoms with E-state index >= 15 is 0 Å². The van der Waals surface area contributed by atoms with E-state index in [9.17, 15) is 0 Å². The van der Waals surface area contributed by atoms with Crippen molar-refractivity contribution in [2.45, 2.75) is 6.04 Å². The zero-order valence-electron chi connectivity index (χ0n) is 13.1. The van der Waals surface area contributed by atoms with Crippen LogP contribution < -0.4 is 15.2 Å². The van der Waals surface area contributed by atoms with Gasteiger partial charge in [-0.3, -0.25) is 4.98 Å². The van der Waals surface area contributed by atoms with Gasteiger partial charge in [-0.2, -0.15) is 0 Å². The highest BCUT2D eigenvalue weighted by Gasteiger charge is 2.20. The van der Waals surface area contributed by atoms with Crippen LogP contribution in [0.15, 0.2) is 53.4 Å². The molecular weight excluding hydrogens is 352 g/mol. The first-order valence-electron chi connectivity index (χ1n) is 7.86. The normalized spacial score (nSPS) is 14.1. The van der Waals surface area contributed by atoms with Gasteiger partial charge >= 0.3 is 0 Å². The van der Waals surface area contributed by atoms with Crippen molar-refractivity contribution in [2.24, 2.45) is 5.73 Å². The summed E-state index contributed by atoms with van der Waals surface area (Å²) in [4.78, 5) is 5.74. The first kappa shape index (κ1) is 14.9.